The highest BCUT2D eigenvalue weighted by atomic mass is 32.2. The topological polar surface area (TPSA) is 306 Å². The minimum atomic E-state index is -5.02. The maximum absolute atomic E-state index is 15.1. The SMILES string of the molecule is COc1ccc(S(=O)(=O)c2ccc(Oc3ccc(S(=O)(=O)c4ccc(Oc5ccc(S(=O)(=O)c6ccc(OC)cc6)cc5)c(S(=O)(=O)O)c4)cc3)cc2)cc1.Cc1c(F)c(F)c(-c2c(F)c(F)c(Oc3ccc(-c4ccc(Oc5cccc(Oc6ccc(-c7ccc(Oc8c(F)c(F)c(-c9c(F)c(F)c(C)c(F)c9F)c(F)c8F)cc7)cc6)c5C#N)cc4)cc3)c(F)c2F)c(F)c1F.O=S(=O)=O. The van der Waals surface area contributed by atoms with Gasteiger partial charge < -0.3 is 37.9 Å². The Morgan fingerprint density at radius 2 is 0.482 bits per heavy atom. The fourth-order valence-corrected chi connectivity index (χ4v) is 17.6. The second-order valence-corrected chi connectivity index (χ2v) is 36.1. The van der Waals surface area contributed by atoms with E-state index in [-0.39, 0.29) is 81.8 Å². The van der Waals surface area contributed by atoms with Gasteiger partial charge in [0, 0.05) is 11.1 Å². The van der Waals surface area contributed by atoms with E-state index < -0.39 is 204 Å². The number of methoxy groups -OCH3 is 2. The first kappa shape index (κ1) is 98.9. The first-order valence-electron chi connectivity index (χ1n) is 38.5. The van der Waals surface area contributed by atoms with Crippen LogP contribution in [-0.2, 0) is 50.2 Å². The molecule has 137 heavy (non-hydrogen) atoms. The zero-order valence-corrected chi connectivity index (χ0v) is 73.6. The average molecular weight is 1990 g/mol. The third kappa shape index (κ3) is 20.7. The molecule has 0 atom stereocenters. The zero-order valence-electron chi connectivity index (χ0n) is 69.5. The van der Waals surface area contributed by atoms with Gasteiger partial charge in [-0.2, -0.15) is 31.2 Å². The van der Waals surface area contributed by atoms with Crippen molar-refractivity contribution in [1.82, 2.24) is 0 Å². The van der Waals surface area contributed by atoms with Crippen molar-refractivity contribution in [3.8, 4) is 131 Å². The predicted molar refractivity (Wildman–Crippen MR) is 456 cm³/mol. The number of ether oxygens (including phenoxy) is 8. The number of nitriles is 1. The highest BCUT2D eigenvalue weighted by Crippen LogP contribution is 2.47. The molecule has 0 heterocycles. The molecule has 0 saturated heterocycles. The molecule has 0 unspecified atom stereocenters. The second kappa shape index (κ2) is 40.3. The molecular formula is C95H55F16NO20S5. The van der Waals surface area contributed by atoms with Crippen LogP contribution in [0.5, 0.6) is 80.5 Å². The lowest BCUT2D eigenvalue weighted by molar-refractivity contribution is 0.366. The Morgan fingerprint density at radius 3 is 0.730 bits per heavy atom. The minimum Gasteiger partial charge on any atom is -0.497 e. The van der Waals surface area contributed by atoms with Crippen LogP contribution >= 0.6 is 0 Å². The molecule has 0 aromatic heterocycles. The van der Waals surface area contributed by atoms with Crippen molar-refractivity contribution in [1.29, 1.82) is 5.26 Å². The monoisotopic (exact) mass is 1990 g/mol. The fraction of sp³-hybridized carbons (Fsp3) is 0.0421. The van der Waals surface area contributed by atoms with Crippen molar-refractivity contribution in [3.05, 3.63) is 365 Å². The van der Waals surface area contributed by atoms with Gasteiger partial charge in [-0.05, 0) is 236 Å². The van der Waals surface area contributed by atoms with Gasteiger partial charge in [0.25, 0.3) is 10.1 Å². The Hall–Kier alpha value is -15.6. The molecule has 15 aromatic carbocycles. The Bertz CT molecular complexity index is 7560. The number of rotatable bonds is 25. The molecule has 702 valence electrons. The average Bonchev–Trinajstić information content (AvgIpc) is 0.627. The molecule has 0 aliphatic heterocycles. The normalized spacial score (nSPS) is 11.4. The third-order valence-electron chi connectivity index (χ3n) is 20.1. The number of sulfone groups is 3. The maximum Gasteiger partial charge on any atom is 0.425 e. The van der Waals surface area contributed by atoms with Crippen molar-refractivity contribution in [2.45, 2.75) is 48.1 Å². The molecule has 0 spiro atoms. The summed E-state index contributed by atoms with van der Waals surface area (Å²) in [6.07, 6.45) is 0. The van der Waals surface area contributed by atoms with E-state index >= 15 is 35.1 Å². The first-order chi connectivity index (χ1) is 64.9. The van der Waals surface area contributed by atoms with Crippen LogP contribution in [-0.4, -0.2) is 65.1 Å². The van der Waals surface area contributed by atoms with Gasteiger partial charge in [-0.1, -0.05) is 54.6 Å². The van der Waals surface area contributed by atoms with Gasteiger partial charge >= 0.3 is 10.6 Å². The maximum atomic E-state index is 15.1. The van der Waals surface area contributed by atoms with Crippen LogP contribution in [0.2, 0.25) is 0 Å². The Kier molecular flexibility index (Phi) is 29.1. The standard InChI is InChI=1S/C57H25F16NO4.C38H30O13S4.O3S/c1-23-40(58)44(62)36(45(63)41(23)59)38-48(66)52(70)56(53(71)49(38)67)77-31-18-10-27(11-19-31)25-6-14-29(15-7-25)75-34-4-3-5-35(33(34)22-74)76-30-16-8-26(9-17-30)28-12-20-32(21-13-28)78-57-54(72)50(68)39(51(69)55(57)73)37-46(64)42(60)24(2)43(61)47(37)65;1-48-26-3-13-31(14-4-26)52(39,40)33-17-7-28(8-18-33)50-29-9-19-35(20-10-29)54(43,44)36-23-24-37(38(25-36)55(45,46)47)51-30-11-21-34(22-12-30)53(41,42)32-15-5-27(49-2)6-16-32;1-4(2)3/h3-21H,1-2H3;3-25H,1-2H3,(H,45,46,47);. The van der Waals surface area contributed by atoms with Crippen LogP contribution in [0.3, 0.4) is 0 Å². The summed E-state index contributed by atoms with van der Waals surface area (Å²) in [5, 5.41) is 10.1. The molecule has 0 saturated carbocycles. The van der Waals surface area contributed by atoms with Crippen LogP contribution in [0.25, 0.3) is 44.5 Å². The van der Waals surface area contributed by atoms with E-state index in [1.54, 1.807) is 30.3 Å². The van der Waals surface area contributed by atoms with Gasteiger partial charge in [-0.15, -0.1) is 12.6 Å². The van der Waals surface area contributed by atoms with Crippen molar-refractivity contribution in [3.63, 3.8) is 0 Å². The molecule has 15 aromatic rings. The van der Waals surface area contributed by atoms with Gasteiger partial charge in [-0.3, -0.25) is 4.55 Å². The second-order valence-electron chi connectivity index (χ2n) is 28.4. The van der Waals surface area contributed by atoms with E-state index in [1.807, 2.05) is 6.07 Å². The highest BCUT2D eigenvalue weighted by Gasteiger charge is 2.38. The molecule has 15 rings (SSSR count). The van der Waals surface area contributed by atoms with E-state index in [9.17, 15) is 78.6 Å². The Morgan fingerprint density at radius 1 is 0.270 bits per heavy atom. The van der Waals surface area contributed by atoms with Crippen molar-refractivity contribution >= 4 is 50.2 Å². The van der Waals surface area contributed by atoms with Crippen LogP contribution in [0.1, 0.15) is 16.7 Å². The molecular weight excluding hydrogens is 1940 g/mol. The molecule has 0 bridgehead atoms. The van der Waals surface area contributed by atoms with E-state index in [0.29, 0.717) is 47.6 Å². The predicted octanol–water partition coefficient (Wildman–Crippen LogP) is 24.3. The molecule has 0 radical (unpaired) electrons. The fourth-order valence-electron chi connectivity index (χ4n) is 13.1. The molecule has 0 fully saturated rings. The highest BCUT2D eigenvalue weighted by molar-refractivity contribution is 7.92. The first-order valence-corrected chi connectivity index (χ1v) is 45.4. The summed E-state index contributed by atoms with van der Waals surface area (Å²) in [6.45, 7) is 1.26. The number of hydrogen-bond acceptors (Lipinski definition) is 20. The van der Waals surface area contributed by atoms with E-state index in [1.165, 1.54) is 196 Å². The zero-order chi connectivity index (χ0) is 99.4. The minimum absolute atomic E-state index is 0.00159. The number of halogens is 16. The lowest BCUT2D eigenvalue weighted by atomic mass is 9.99. The van der Waals surface area contributed by atoms with E-state index in [0.717, 1.165) is 42.5 Å². The van der Waals surface area contributed by atoms with Crippen molar-refractivity contribution < 1.29 is 159 Å². The van der Waals surface area contributed by atoms with Crippen molar-refractivity contribution in [2.75, 3.05) is 14.2 Å². The largest absolute Gasteiger partial charge is 0.497 e. The van der Waals surface area contributed by atoms with Gasteiger partial charge in [0.15, 0.2) is 69.8 Å². The lowest BCUT2D eigenvalue weighted by Gasteiger charge is -2.15. The summed E-state index contributed by atoms with van der Waals surface area (Å²) in [5.74, 6) is -38.2. The molecule has 0 aliphatic rings. The van der Waals surface area contributed by atoms with E-state index in [2.05, 4.69) is 0 Å². The molecule has 0 aliphatic carbocycles. The van der Waals surface area contributed by atoms with Crippen molar-refractivity contribution in [2.24, 2.45) is 0 Å². The number of nitrogens with zero attached hydrogens (tertiary/aromatic N) is 1. The summed E-state index contributed by atoms with van der Waals surface area (Å²) in [7, 11) is -17.3. The van der Waals surface area contributed by atoms with Gasteiger partial charge in [-0.25, -0.2) is 77.9 Å². The van der Waals surface area contributed by atoms with Crippen LogP contribution in [0, 0.1) is 118 Å². The third-order valence-corrected chi connectivity index (χ3v) is 26.3. The molecule has 1 N–H and O–H groups in total. The summed E-state index contributed by atoms with van der Waals surface area (Å²) >= 11 is 0. The lowest BCUT2D eigenvalue weighted by Crippen LogP contribution is -2.09. The summed E-state index contributed by atoms with van der Waals surface area (Å²) in [6, 6.07) is 59.7. The summed E-state index contributed by atoms with van der Waals surface area (Å²) < 4.78 is 419. The Balaban J connectivity index is 0.000000235. The molecule has 42 heteroatoms. The smallest absolute Gasteiger partial charge is 0.425 e. The number of hydrogen-bond donors (Lipinski definition) is 1. The van der Waals surface area contributed by atoms with Gasteiger partial charge in [0.05, 0.1) is 65.8 Å². The molecule has 0 amide bonds. The van der Waals surface area contributed by atoms with Gasteiger partial charge in [0.2, 0.25) is 64.3 Å². The van der Waals surface area contributed by atoms with Crippen LogP contribution in [0.4, 0.5) is 70.2 Å². The van der Waals surface area contributed by atoms with Gasteiger partial charge in [0.1, 0.15) is 85.5 Å². The van der Waals surface area contributed by atoms with Crippen LogP contribution in [0.15, 0.2) is 289 Å². The molecule has 21 nitrogen and oxygen atoms in total. The Labute approximate surface area is 767 Å². The number of benzene rings is 15. The van der Waals surface area contributed by atoms with Crippen LogP contribution < -0.4 is 37.9 Å². The summed E-state index contributed by atoms with van der Waals surface area (Å²) in [5.41, 5.74) is -8.43. The quantitative estimate of drug-likeness (QED) is 0.0316. The van der Waals surface area contributed by atoms with E-state index in [4.69, 9.17) is 50.5 Å². The summed E-state index contributed by atoms with van der Waals surface area (Å²) in [4.78, 5) is -1.51.